The fourth-order valence-corrected chi connectivity index (χ4v) is 6.08. The Morgan fingerprint density at radius 3 is 1.54 bits per heavy atom. The third-order valence-corrected chi connectivity index (χ3v) is 9.61. The second kappa shape index (κ2) is 41.3. The smallest absolute Gasteiger partial charge is 0.472 e. The lowest BCUT2D eigenvalue weighted by atomic mass is 10.1. The molecular weight excluding hydrogens is 741 g/mol. The normalized spacial score (nSPS) is 14.7. The minimum Gasteiger partial charge on any atom is -0.480 e. The molecule has 0 aromatic carbocycles. The summed E-state index contributed by atoms with van der Waals surface area (Å²) >= 11 is 0. The number of phosphoric acid groups is 1. The molecule has 3 atom stereocenters. The third kappa shape index (κ3) is 41.1. The first-order chi connectivity index (χ1) is 27.7. The van der Waals surface area contributed by atoms with Crippen molar-refractivity contribution < 1.29 is 42.7 Å². The van der Waals surface area contributed by atoms with Crippen molar-refractivity contribution >= 4 is 19.8 Å². The van der Waals surface area contributed by atoms with E-state index in [9.17, 15) is 19.0 Å². The largest absolute Gasteiger partial charge is 0.480 e. The van der Waals surface area contributed by atoms with Crippen molar-refractivity contribution in [3.8, 4) is 0 Å². The monoisotopic (exact) mass is 820 g/mol. The number of carbonyl (C=O) groups excluding carboxylic acids is 1. The van der Waals surface area contributed by atoms with Crippen molar-refractivity contribution in [1.82, 2.24) is 0 Å². The van der Waals surface area contributed by atoms with Gasteiger partial charge in [-0.15, -0.1) is 0 Å². The van der Waals surface area contributed by atoms with Gasteiger partial charge in [0.1, 0.15) is 12.1 Å². The zero-order valence-corrected chi connectivity index (χ0v) is 36.3. The Labute approximate surface area is 346 Å². The minimum atomic E-state index is -4.63. The van der Waals surface area contributed by atoms with E-state index in [4.69, 9.17) is 29.4 Å². The van der Waals surface area contributed by atoms with Gasteiger partial charge in [0.25, 0.3) is 0 Å². The van der Waals surface area contributed by atoms with E-state index in [1.165, 1.54) is 25.7 Å². The summed E-state index contributed by atoms with van der Waals surface area (Å²) < 4.78 is 33.3. The Hall–Kier alpha value is -2.85. The van der Waals surface area contributed by atoms with Gasteiger partial charge in [-0.05, 0) is 89.9 Å². The number of rotatable bonds is 40. The van der Waals surface area contributed by atoms with Gasteiger partial charge in [-0.3, -0.25) is 18.6 Å². The van der Waals surface area contributed by atoms with Gasteiger partial charge in [0.05, 0.1) is 19.8 Å². The molecule has 0 saturated carbocycles. The molecule has 0 radical (unpaired) electrons. The lowest BCUT2D eigenvalue weighted by Crippen LogP contribution is -2.34. The van der Waals surface area contributed by atoms with Gasteiger partial charge in [-0.1, -0.05) is 144 Å². The molecule has 0 spiro atoms. The zero-order chi connectivity index (χ0) is 41.9. The maximum atomic E-state index is 12.6. The van der Waals surface area contributed by atoms with Crippen LogP contribution in [-0.2, 0) is 32.7 Å². The van der Waals surface area contributed by atoms with Crippen molar-refractivity contribution in [2.75, 3.05) is 26.4 Å². The lowest BCUT2D eigenvalue weighted by Gasteiger charge is -2.20. The van der Waals surface area contributed by atoms with E-state index in [-0.39, 0.29) is 13.0 Å². The van der Waals surface area contributed by atoms with Crippen LogP contribution in [0.1, 0.15) is 155 Å². The third-order valence-electron chi connectivity index (χ3n) is 8.66. The van der Waals surface area contributed by atoms with Crippen molar-refractivity contribution in [2.45, 2.75) is 167 Å². The Morgan fingerprint density at radius 2 is 1.02 bits per heavy atom. The summed E-state index contributed by atoms with van der Waals surface area (Å²) in [5.74, 6) is -1.81. The molecule has 57 heavy (non-hydrogen) atoms. The molecule has 0 heterocycles. The summed E-state index contributed by atoms with van der Waals surface area (Å²) in [6, 6.07) is -1.48. The van der Waals surface area contributed by atoms with Crippen LogP contribution in [0, 0.1) is 0 Å². The van der Waals surface area contributed by atoms with E-state index in [0.29, 0.717) is 13.0 Å². The van der Waals surface area contributed by atoms with E-state index in [0.717, 1.165) is 103 Å². The van der Waals surface area contributed by atoms with Crippen molar-refractivity contribution in [2.24, 2.45) is 5.73 Å². The van der Waals surface area contributed by atoms with E-state index in [1.807, 2.05) is 0 Å². The predicted octanol–water partition coefficient (Wildman–Crippen LogP) is 12.0. The molecule has 0 aromatic rings. The molecule has 11 heteroatoms. The Bertz CT molecular complexity index is 1220. The molecule has 0 saturated heterocycles. The van der Waals surface area contributed by atoms with Crippen molar-refractivity contribution in [3.05, 3.63) is 85.1 Å². The molecule has 0 aliphatic heterocycles. The van der Waals surface area contributed by atoms with Crippen LogP contribution in [0.25, 0.3) is 0 Å². The number of hydrogen-bond donors (Lipinski definition) is 3. The fraction of sp³-hybridized carbons (Fsp3) is 0.652. The molecule has 4 N–H and O–H groups in total. The molecule has 0 amide bonds. The molecule has 326 valence electrons. The first kappa shape index (κ1) is 54.2. The van der Waals surface area contributed by atoms with Crippen LogP contribution in [0.5, 0.6) is 0 Å². The number of esters is 1. The lowest BCUT2D eigenvalue weighted by molar-refractivity contribution is -0.154. The minimum absolute atomic E-state index is 0.0142. The highest BCUT2D eigenvalue weighted by molar-refractivity contribution is 7.47. The maximum Gasteiger partial charge on any atom is 0.472 e. The molecule has 0 fully saturated rings. The topological polar surface area (TPSA) is 155 Å². The van der Waals surface area contributed by atoms with E-state index in [2.05, 4.69) is 98.9 Å². The standard InChI is InChI=1S/C46H78NO9P/c1-3-5-7-9-11-13-15-17-18-19-20-21-22-23-24-25-27-29-31-33-35-37-39-53-40-43(41-54-57(51,52)55-42-44(47)46(49)50)56-45(48)38-36-34-32-30-28-26-16-14-12-10-8-6-4-2/h5,7,11,13-14,16-18,20-21,23-24,27,29,43-44H,3-4,6,8-10,12,15,19,22,25-26,28,30-42,47H2,1-2H3,(H,49,50)(H,51,52)/b7-5-,13-11-,16-14-,18-17-,21-20-,24-23-,29-27-. The summed E-state index contributed by atoms with van der Waals surface area (Å²) in [4.78, 5) is 33.5. The van der Waals surface area contributed by atoms with Crippen LogP contribution in [0.3, 0.4) is 0 Å². The summed E-state index contributed by atoms with van der Waals surface area (Å²) in [5.41, 5.74) is 5.35. The van der Waals surface area contributed by atoms with Crippen LogP contribution in [-0.4, -0.2) is 60.5 Å². The second-order valence-corrected chi connectivity index (χ2v) is 15.5. The highest BCUT2D eigenvalue weighted by Gasteiger charge is 2.27. The second-order valence-electron chi connectivity index (χ2n) is 14.1. The highest BCUT2D eigenvalue weighted by Crippen LogP contribution is 2.43. The summed E-state index contributed by atoms with van der Waals surface area (Å²) in [6.07, 6.45) is 52.1. The number of hydrogen-bond acceptors (Lipinski definition) is 8. The zero-order valence-electron chi connectivity index (χ0n) is 35.4. The molecule has 3 unspecified atom stereocenters. The molecule has 0 aliphatic rings. The van der Waals surface area contributed by atoms with Gasteiger partial charge in [-0.2, -0.15) is 0 Å². The van der Waals surface area contributed by atoms with Gasteiger partial charge in [0.2, 0.25) is 0 Å². The maximum absolute atomic E-state index is 12.6. The van der Waals surface area contributed by atoms with Crippen molar-refractivity contribution in [3.63, 3.8) is 0 Å². The van der Waals surface area contributed by atoms with Crippen LogP contribution in [0.4, 0.5) is 0 Å². The fourth-order valence-electron chi connectivity index (χ4n) is 5.31. The SMILES string of the molecule is CC/C=C\C/C=C\C/C=C\C/C=C\C/C=C\C/C=C\CCCCCOCC(COP(=O)(O)OCC(N)C(=O)O)OC(=O)CCCCCCC/C=C\CCCCCC. The molecule has 0 rings (SSSR count). The number of phosphoric ester groups is 1. The molecule has 0 bridgehead atoms. The molecule has 10 nitrogen and oxygen atoms in total. The molecule has 0 aliphatic carbocycles. The first-order valence-corrected chi connectivity index (χ1v) is 23.1. The quantitative estimate of drug-likeness (QED) is 0.0235. The Kier molecular flexibility index (Phi) is 39.2. The number of allylic oxidation sites excluding steroid dienone is 14. The summed E-state index contributed by atoms with van der Waals surface area (Å²) in [7, 11) is -4.63. The van der Waals surface area contributed by atoms with Gasteiger partial charge >= 0.3 is 19.8 Å². The van der Waals surface area contributed by atoms with E-state index in [1.54, 1.807) is 0 Å². The predicted molar refractivity (Wildman–Crippen MR) is 235 cm³/mol. The summed E-state index contributed by atoms with van der Waals surface area (Å²) in [6.45, 7) is 3.63. The number of ether oxygens (including phenoxy) is 2. The first-order valence-electron chi connectivity index (χ1n) is 21.6. The highest BCUT2D eigenvalue weighted by atomic mass is 31.2. The van der Waals surface area contributed by atoms with Crippen LogP contribution >= 0.6 is 7.82 Å². The number of carboxylic acid groups (broad SMARTS) is 1. The van der Waals surface area contributed by atoms with Crippen molar-refractivity contribution in [1.29, 1.82) is 0 Å². The van der Waals surface area contributed by atoms with Gasteiger partial charge < -0.3 is 25.2 Å². The van der Waals surface area contributed by atoms with E-state index < -0.39 is 45.1 Å². The van der Waals surface area contributed by atoms with Gasteiger partial charge in [0.15, 0.2) is 0 Å². The number of aliphatic carboxylic acids is 1. The number of unbranched alkanes of at least 4 members (excludes halogenated alkanes) is 12. The molecular formula is C46H78NO9P. The number of nitrogens with two attached hydrogens (primary N) is 1. The average Bonchev–Trinajstić information content (AvgIpc) is 3.19. The molecule has 0 aromatic heterocycles. The average molecular weight is 820 g/mol. The van der Waals surface area contributed by atoms with Crippen LogP contribution < -0.4 is 5.73 Å². The Morgan fingerprint density at radius 1 is 0.579 bits per heavy atom. The summed E-state index contributed by atoms with van der Waals surface area (Å²) in [5, 5.41) is 8.89. The van der Waals surface area contributed by atoms with Gasteiger partial charge in [-0.25, -0.2) is 4.57 Å². The van der Waals surface area contributed by atoms with Gasteiger partial charge in [0, 0.05) is 13.0 Å². The number of carbonyl (C=O) groups is 2. The van der Waals surface area contributed by atoms with Crippen LogP contribution in [0.2, 0.25) is 0 Å². The van der Waals surface area contributed by atoms with E-state index >= 15 is 0 Å². The Balaban J connectivity index is 4.33. The number of carboxylic acids is 1. The van der Waals surface area contributed by atoms with Crippen LogP contribution in [0.15, 0.2) is 85.1 Å².